The standard InChI is InChI=1S/C13H15FN2O4.Ac/c1-4-13(5-2)7(3)9(17)11(20-13)16-6-8(14)10(18)15-12(16)19;/h1,6-7,9,11,17H,5H2,2-3H3,(H,15,18,19);. The maximum atomic E-state index is 13.3. The quantitative estimate of drug-likeness (QED) is 0.550. The Morgan fingerprint density at radius 3 is 2.71 bits per heavy atom. The molecule has 2 N–H and O–H groups in total. The predicted octanol–water partition coefficient (Wildman–Crippen LogP) is -0.0165. The molecule has 1 aromatic heterocycles. The van der Waals surface area contributed by atoms with Gasteiger partial charge in [0.1, 0.15) is 11.7 Å². The number of nitrogens with zero attached hydrogens (tertiary/aromatic N) is 1. The second-order valence-electron chi connectivity index (χ2n) is 4.82. The number of nitrogens with one attached hydrogen (secondary N) is 1. The normalized spacial score (nSPS) is 31.5. The van der Waals surface area contributed by atoms with E-state index in [9.17, 15) is 19.1 Å². The van der Waals surface area contributed by atoms with Gasteiger partial charge in [0, 0.05) is 50.0 Å². The van der Waals surface area contributed by atoms with Crippen molar-refractivity contribution in [1.29, 1.82) is 0 Å². The van der Waals surface area contributed by atoms with E-state index in [4.69, 9.17) is 11.2 Å². The summed E-state index contributed by atoms with van der Waals surface area (Å²) in [7, 11) is 0. The Labute approximate surface area is 156 Å². The molecule has 1 fully saturated rings. The van der Waals surface area contributed by atoms with Gasteiger partial charge in [-0.2, -0.15) is 4.39 Å². The van der Waals surface area contributed by atoms with Crippen molar-refractivity contribution in [1.82, 2.24) is 9.55 Å². The molecule has 4 unspecified atom stereocenters. The van der Waals surface area contributed by atoms with Crippen molar-refractivity contribution in [2.45, 2.75) is 38.2 Å². The van der Waals surface area contributed by atoms with Crippen molar-refractivity contribution in [3.8, 4) is 12.3 Å². The molecule has 6 nitrogen and oxygen atoms in total. The Balaban J connectivity index is 0.00000220. The van der Waals surface area contributed by atoms with Crippen molar-refractivity contribution >= 4 is 0 Å². The van der Waals surface area contributed by atoms with Crippen LogP contribution in [0.2, 0.25) is 0 Å². The van der Waals surface area contributed by atoms with Crippen LogP contribution in [0.5, 0.6) is 0 Å². The van der Waals surface area contributed by atoms with Crippen molar-refractivity contribution in [3.63, 3.8) is 0 Å². The monoisotopic (exact) mass is 509 g/mol. The molecule has 111 valence electrons. The van der Waals surface area contributed by atoms with Gasteiger partial charge in [0.2, 0.25) is 5.82 Å². The van der Waals surface area contributed by atoms with Crippen LogP contribution >= 0.6 is 0 Å². The summed E-state index contributed by atoms with van der Waals surface area (Å²) in [6.07, 6.45) is 4.37. The summed E-state index contributed by atoms with van der Waals surface area (Å²) >= 11 is 0. The second-order valence-corrected chi connectivity index (χ2v) is 4.82. The van der Waals surface area contributed by atoms with Crippen molar-refractivity contribution in [2.75, 3.05) is 0 Å². The summed E-state index contributed by atoms with van der Waals surface area (Å²) in [6, 6.07) is 0. The van der Waals surface area contributed by atoms with Gasteiger partial charge in [-0.05, 0) is 6.42 Å². The van der Waals surface area contributed by atoms with Crippen LogP contribution in [0.1, 0.15) is 26.5 Å². The van der Waals surface area contributed by atoms with Crippen LogP contribution in [0.15, 0.2) is 15.8 Å². The van der Waals surface area contributed by atoms with E-state index in [-0.39, 0.29) is 44.1 Å². The number of hydrogen-bond donors (Lipinski definition) is 2. The molecule has 0 bridgehead atoms. The number of hydrogen-bond acceptors (Lipinski definition) is 4. The van der Waals surface area contributed by atoms with Crippen LogP contribution in [-0.4, -0.2) is 26.4 Å². The molecule has 0 aliphatic carbocycles. The largest absolute Gasteiger partial charge is 0.388 e. The van der Waals surface area contributed by atoms with E-state index in [1.165, 1.54) is 0 Å². The molecule has 4 atom stereocenters. The zero-order valence-electron chi connectivity index (χ0n) is 11.7. The topological polar surface area (TPSA) is 84.3 Å². The molecule has 0 saturated carbocycles. The number of rotatable bonds is 2. The van der Waals surface area contributed by atoms with Gasteiger partial charge in [0.05, 0.1) is 6.20 Å². The van der Waals surface area contributed by atoms with Gasteiger partial charge in [-0.15, -0.1) is 6.42 Å². The third-order valence-electron chi connectivity index (χ3n) is 3.84. The average molecular weight is 509 g/mol. The molecule has 1 radical (unpaired) electrons. The molecule has 1 aliphatic heterocycles. The number of ether oxygens (including phenoxy) is 1. The Hall–Kier alpha value is -0.468. The molecular formula is C13H15AcFN2O4. The summed E-state index contributed by atoms with van der Waals surface area (Å²) < 4.78 is 19.7. The molecule has 1 aliphatic rings. The first-order valence-corrected chi connectivity index (χ1v) is 6.21. The second kappa shape index (κ2) is 6.75. The molecule has 2 heterocycles. The summed E-state index contributed by atoms with van der Waals surface area (Å²) in [6.45, 7) is 3.49. The predicted molar refractivity (Wildman–Crippen MR) is 68.4 cm³/mol. The Kier molecular flexibility index (Phi) is 5.97. The minimum atomic E-state index is -1.14. The molecule has 2 rings (SSSR count). The summed E-state index contributed by atoms with van der Waals surface area (Å²) in [5, 5.41) is 10.2. The first-order chi connectivity index (χ1) is 9.36. The smallest absolute Gasteiger partial charge is 0.330 e. The van der Waals surface area contributed by atoms with Gasteiger partial charge >= 0.3 is 5.69 Å². The van der Waals surface area contributed by atoms with Crippen LogP contribution in [0.3, 0.4) is 0 Å². The third-order valence-corrected chi connectivity index (χ3v) is 3.84. The van der Waals surface area contributed by atoms with Gasteiger partial charge in [0.25, 0.3) is 5.56 Å². The van der Waals surface area contributed by atoms with Crippen LogP contribution in [-0.2, 0) is 4.74 Å². The van der Waals surface area contributed by atoms with Crippen LogP contribution in [0.25, 0.3) is 0 Å². The van der Waals surface area contributed by atoms with Gasteiger partial charge in [-0.25, -0.2) is 4.79 Å². The number of aromatic nitrogens is 2. The number of H-pyrrole nitrogens is 1. The van der Waals surface area contributed by atoms with Gasteiger partial charge in [0.15, 0.2) is 6.23 Å². The summed E-state index contributed by atoms with van der Waals surface area (Å²) in [4.78, 5) is 24.5. The molecular weight excluding hydrogens is 494 g/mol. The summed E-state index contributed by atoms with van der Waals surface area (Å²) in [5.74, 6) is 0.912. The van der Waals surface area contributed by atoms with Crippen molar-refractivity contribution in [3.05, 3.63) is 32.9 Å². The fourth-order valence-corrected chi connectivity index (χ4v) is 2.46. The zero-order valence-corrected chi connectivity index (χ0v) is 16.4. The van der Waals surface area contributed by atoms with E-state index in [1.54, 1.807) is 13.8 Å². The first kappa shape index (κ1) is 18.6. The molecule has 21 heavy (non-hydrogen) atoms. The van der Waals surface area contributed by atoms with Gasteiger partial charge < -0.3 is 9.84 Å². The van der Waals surface area contributed by atoms with Gasteiger partial charge in [-0.1, -0.05) is 19.8 Å². The maximum absolute atomic E-state index is 13.3. The molecule has 1 saturated heterocycles. The van der Waals surface area contributed by atoms with Crippen molar-refractivity contribution < 1.29 is 58.3 Å². The third kappa shape index (κ3) is 3.03. The van der Waals surface area contributed by atoms with E-state index in [0.29, 0.717) is 12.6 Å². The fraction of sp³-hybridized carbons (Fsp3) is 0.538. The minimum absolute atomic E-state index is 0. The molecule has 0 aromatic carbocycles. The van der Waals surface area contributed by atoms with E-state index < -0.39 is 40.9 Å². The van der Waals surface area contributed by atoms with Crippen LogP contribution in [0.4, 0.5) is 4.39 Å². The molecule has 8 heteroatoms. The maximum Gasteiger partial charge on any atom is 0.330 e. The Morgan fingerprint density at radius 1 is 1.62 bits per heavy atom. The average Bonchev–Trinajstić information content (AvgIpc) is 2.68. The number of aromatic amines is 1. The number of terminal acetylenes is 1. The van der Waals surface area contributed by atoms with E-state index >= 15 is 0 Å². The van der Waals surface area contributed by atoms with Gasteiger partial charge in [-0.3, -0.25) is 14.3 Å². The van der Waals surface area contributed by atoms with E-state index in [1.807, 2.05) is 4.98 Å². The fourth-order valence-electron chi connectivity index (χ4n) is 2.46. The number of aliphatic hydroxyl groups is 1. The van der Waals surface area contributed by atoms with Crippen LogP contribution in [0, 0.1) is 68.1 Å². The minimum Gasteiger partial charge on any atom is -0.388 e. The molecule has 0 amide bonds. The summed E-state index contributed by atoms with van der Waals surface area (Å²) in [5.41, 5.74) is -3.02. The van der Waals surface area contributed by atoms with E-state index in [2.05, 4.69) is 5.92 Å². The number of halogens is 1. The Morgan fingerprint density at radius 2 is 2.24 bits per heavy atom. The molecule has 0 spiro atoms. The first-order valence-electron chi connectivity index (χ1n) is 6.21. The zero-order chi connectivity index (χ0) is 15.1. The SMILES string of the molecule is C#CC1(CC)OC(n2cc(F)c(=O)[nH]c2=O)C(O)C1C.[Ac]. The van der Waals surface area contributed by atoms with Crippen LogP contribution < -0.4 is 11.2 Å². The van der Waals surface area contributed by atoms with E-state index in [0.717, 1.165) is 4.57 Å². The van der Waals surface area contributed by atoms with Crippen molar-refractivity contribution in [2.24, 2.45) is 5.92 Å². The molecule has 1 aromatic rings. The Bertz CT molecular complexity index is 680. The number of aliphatic hydroxyl groups excluding tert-OH is 1.